The Kier molecular flexibility index (Phi) is 6.56. The molecule has 4 rings (SSSR count). The molecule has 7 heteroatoms. The van der Waals surface area contributed by atoms with Gasteiger partial charge in [-0.15, -0.1) is 0 Å². The third kappa shape index (κ3) is 4.34. The summed E-state index contributed by atoms with van der Waals surface area (Å²) < 4.78 is 10.7. The molecule has 1 heterocycles. The molecule has 1 unspecified atom stereocenters. The van der Waals surface area contributed by atoms with E-state index in [1.165, 1.54) is 18.1 Å². The molecule has 1 aliphatic rings. The Morgan fingerprint density at radius 3 is 2.44 bits per heavy atom. The fourth-order valence-corrected chi connectivity index (χ4v) is 4.21. The second-order valence-electron chi connectivity index (χ2n) is 8.41. The van der Waals surface area contributed by atoms with Crippen LogP contribution in [0.2, 0.25) is 0 Å². The Hall–Kier alpha value is -3.84. The first kappa shape index (κ1) is 23.3. The molecule has 1 saturated heterocycles. The van der Waals surface area contributed by atoms with Crippen LogP contribution in [-0.2, 0) is 14.3 Å². The summed E-state index contributed by atoms with van der Waals surface area (Å²) in [7, 11) is 1.43. The van der Waals surface area contributed by atoms with Crippen molar-refractivity contribution in [3.63, 3.8) is 0 Å². The highest BCUT2D eigenvalue weighted by atomic mass is 16.5. The quantitative estimate of drug-likeness (QED) is 0.308. The first-order valence-corrected chi connectivity index (χ1v) is 11.1. The molecule has 0 saturated carbocycles. The van der Waals surface area contributed by atoms with Crippen LogP contribution in [0.5, 0.6) is 11.5 Å². The minimum atomic E-state index is -0.890. The van der Waals surface area contributed by atoms with Crippen LogP contribution in [0.15, 0.2) is 66.2 Å². The summed E-state index contributed by atoms with van der Waals surface area (Å²) in [4.78, 5) is 27.5. The summed E-state index contributed by atoms with van der Waals surface area (Å²) in [5, 5.41) is 23.5. The monoisotopic (exact) mass is 461 g/mol. The topological polar surface area (TPSA) is 96.3 Å². The van der Waals surface area contributed by atoms with Gasteiger partial charge in [-0.1, -0.05) is 42.5 Å². The van der Waals surface area contributed by atoms with Gasteiger partial charge in [0.2, 0.25) is 0 Å². The third-order valence-corrected chi connectivity index (χ3v) is 5.86. The molecule has 0 aliphatic carbocycles. The van der Waals surface area contributed by atoms with E-state index >= 15 is 0 Å². The summed E-state index contributed by atoms with van der Waals surface area (Å²) in [6.45, 7) is 4.13. The van der Waals surface area contributed by atoms with Gasteiger partial charge < -0.3 is 24.6 Å². The maximum absolute atomic E-state index is 13.1. The van der Waals surface area contributed by atoms with Crippen LogP contribution in [0.3, 0.4) is 0 Å². The Balaban J connectivity index is 1.84. The lowest BCUT2D eigenvalue weighted by Gasteiger charge is -2.26. The lowest BCUT2D eigenvalue weighted by molar-refractivity contribution is -0.140. The number of ether oxygens (including phenoxy) is 2. The molecule has 3 aromatic carbocycles. The largest absolute Gasteiger partial charge is 0.507 e. The second-order valence-corrected chi connectivity index (χ2v) is 8.41. The molecule has 1 fully saturated rings. The number of nitrogens with zero attached hydrogens (tertiary/aromatic N) is 1. The van der Waals surface area contributed by atoms with Crippen molar-refractivity contribution in [2.45, 2.75) is 26.0 Å². The molecule has 7 nitrogen and oxygen atoms in total. The minimum absolute atomic E-state index is 0.0330. The smallest absolute Gasteiger partial charge is 0.295 e. The Labute approximate surface area is 197 Å². The molecular formula is C27H27NO6. The third-order valence-electron chi connectivity index (χ3n) is 5.86. The van der Waals surface area contributed by atoms with Crippen molar-refractivity contribution in [1.82, 2.24) is 4.90 Å². The average molecular weight is 462 g/mol. The normalized spacial score (nSPS) is 17.6. The highest BCUT2D eigenvalue weighted by molar-refractivity contribution is 6.46. The first-order valence-electron chi connectivity index (χ1n) is 11.1. The number of amides is 1. The van der Waals surface area contributed by atoms with Crippen LogP contribution in [0, 0.1) is 0 Å². The number of fused-ring (bicyclic) bond motifs is 1. The first-order chi connectivity index (χ1) is 16.3. The van der Waals surface area contributed by atoms with E-state index in [9.17, 15) is 19.8 Å². The number of carbonyl (C=O) groups is 2. The Morgan fingerprint density at radius 2 is 1.76 bits per heavy atom. The van der Waals surface area contributed by atoms with Crippen molar-refractivity contribution in [1.29, 1.82) is 0 Å². The van der Waals surface area contributed by atoms with E-state index in [1.54, 1.807) is 24.3 Å². The van der Waals surface area contributed by atoms with Crippen molar-refractivity contribution in [2.24, 2.45) is 0 Å². The van der Waals surface area contributed by atoms with Gasteiger partial charge >= 0.3 is 0 Å². The molecule has 0 bridgehead atoms. The van der Waals surface area contributed by atoms with Crippen molar-refractivity contribution in [3.05, 3.63) is 77.4 Å². The number of aliphatic hydroxyl groups excluding tert-OH is 1. The zero-order valence-electron chi connectivity index (χ0n) is 19.3. The number of methoxy groups -OCH3 is 1. The van der Waals surface area contributed by atoms with Gasteiger partial charge in [0.1, 0.15) is 5.76 Å². The molecule has 1 aliphatic heterocycles. The van der Waals surface area contributed by atoms with Crippen molar-refractivity contribution in [2.75, 3.05) is 20.3 Å². The van der Waals surface area contributed by atoms with Crippen LogP contribution >= 0.6 is 0 Å². The van der Waals surface area contributed by atoms with Gasteiger partial charge in [-0.05, 0) is 48.4 Å². The number of aromatic hydroxyl groups is 1. The van der Waals surface area contributed by atoms with E-state index in [0.717, 1.165) is 10.8 Å². The molecule has 1 atom stereocenters. The van der Waals surface area contributed by atoms with Crippen LogP contribution in [0.1, 0.15) is 31.0 Å². The van der Waals surface area contributed by atoms with Gasteiger partial charge in [-0.3, -0.25) is 9.59 Å². The van der Waals surface area contributed by atoms with Crippen LogP contribution < -0.4 is 4.74 Å². The number of likely N-dealkylation sites (tertiary alicyclic amines) is 1. The van der Waals surface area contributed by atoms with E-state index in [1.807, 2.05) is 44.2 Å². The molecular weight excluding hydrogens is 434 g/mol. The Morgan fingerprint density at radius 1 is 1.03 bits per heavy atom. The van der Waals surface area contributed by atoms with E-state index in [4.69, 9.17) is 9.47 Å². The van der Waals surface area contributed by atoms with Gasteiger partial charge in [-0.25, -0.2) is 0 Å². The lowest BCUT2D eigenvalue weighted by Crippen LogP contribution is -2.33. The molecule has 3 aromatic rings. The van der Waals surface area contributed by atoms with Crippen molar-refractivity contribution in [3.8, 4) is 11.5 Å². The van der Waals surface area contributed by atoms with Crippen molar-refractivity contribution < 1.29 is 29.3 Å². The van der Waals surface area contributed by atoms with E-state index in [2.05, 4.69) is 0 Å². The molecule has 34 heavy (non-hydrogen) atoms. The van der Waals surface area contributed by atoms with Crippen molar-refractivity contribution >= 4 is 28.2 Å². The summed E-state index contributed by atoms with van der Waals surface area (Å²) in [6, 6.07) is 16.8. The number of Topliss-reactive ketones (excluding diaryl/α,β-unsaturated/α-hetero) is 1. The molecule has 0 spiro atoms. The highest BCUT2D eigenvalue weighted by Gasteiger charge is 2.46. The molecule has 0 radical (unpaired) electrons. The fourth-order valence-electron chi connectivity index (χ4n) is 4.21. The fraction of sp³-hybridized carbons (Fsp3) is 0.259. The summed E-state index contributed by atoms with van der Waals surface area (Å²) in [5.74, 6) is -1.64. The summed E-state index contributed by atoms with van der Waals surface area (Å²) in [5.41, 5.74) is 0.872. The zero-order valence-corrected chi connectivity index (χ0v) is 19.3. The average Bonchev–Trinajstić information content (AvgIpc) is 3.08. The maximum atomic E-state index is 13.1. The second kappa shape index (κ2) is 9.57. The van der Waals surface area contributed by atoms with Crippen LogP contribution in [-0.4, -0.2) is 53.2 Å². The maximum Gasteiger partial charge on any atom is 0.295 e. The van der Waals surface area contributed by atoms with Gasteiger partial charge in [0.15, 0.2) is 11.5 Å². The number of aliphatic hydroxyl groups is 1. The standard InChI is InChI=1S/C27H27NO6/c1-16(2)34-13-12-28-24(19-10-11-22(33-3)21(29)15-19)23(26(31)27(28)32)25(30)20-9-8-17-6-4-5-7-18(17)14-20/h4-11,14-16,24,29-30H,12-13H2,1-3H3/b25-23-. The number of phenolic OH excluding ortho intramolecular Hbond substituents is 1. The molecule has 0 aromatic heterocycles. The predicted molar refractivity (Wildman–Crippen MR) is 129 cm³/mol. The van der Waals surface area contributed by atoms with Gasteiger partial charge in [0, 0.05) is 12.1 Å². The lowest BCUT2D eigenvalue weighted by atomic mass is 9.94. The van der Waals surface area contributed by atoms with E-state index < -0.39 is 17.7 Å². The predicted octanol–water partition coefficient (Wildman–Crippen LogP) is 4.40. The minimum Gasteiger partial charge on any atom is -0.507 e. The van der Waals surface area contributed by atoms with E-state index in [0.29, 0.717) is 11.1 Å². The SMILES string of the molecule is COc1ccc(C2/C(=C(/O)c3ccc4ccccc4c3)C(=O)C(=O)N2CCOC(C)C)cc1O. The molecule has 176 valence electrons. The van der Waals surface area contributed by atoms with Gasteiger partial charge in [0.25, 0.3) is 11.7 Å². The number of ketones is 1. The van der Waals surface area contributed by atoms with Crippen LogP contribution in [0.4, 0.5) is 0 Å². The zero-order chi connectivity index (χ0) is 24.4. The number of hydrogen-bond acceptors (Lipinski definition) is 6. The number of phenols is 1. The summed E-state index contributed by atoms with van der Waals surface area (Å²) in [6.07, 6.45) is -0.0436. The summed E-state index contributed by atoms with van der Waals surface area (Å²) >= 11 is 0. The molecule has 2 N–H and O–H groups in total. The number of rotatable bonds is 7. The number of benzene rings is 3. The Bertz CT molecular complexity index is 1280. The van der Waals surface area contributed by atoms with Crippen LogP contribution in [0.25, 0.3) is 16.5 Å². The van der Waals surface area contributed by atoms with Gasteiger partial charge in [0.05, 0.1) is 31.4 Å². The molecule has 1 amide bonds. The highest BCUT2D eigenvalue weighted by Crippen LogP contribution is 2.41. The number of carbonyl (C=O) groups excluding carboxylic acids is 2. The van der Waals surface area contributed by atoms with E-state index in [-0.39, 0.29) is 42.1 Å². The van der Waals surface area contributed by atoms with Gasteiger partial charge in [-0.2, -0.15) is 0 Å². The number of hydrogen-bond donors (Lipinski definition) is 2.